The number of fused-ring (bicyclic) bond motifs is 1. The molecule has 0 saturated heterocycles. The molecule has 2 aromatic carbocycles. The molecular weight excluding hydrogens is 470 g/mol. The molecule has 0 aliphatic heterocycles. The van der Waals surface area contributed by atoms with Gasteiger partial charge in [0.15, 0.2) is 5.76 Å². The van der Waals surface area contributed by atoms with Crippen molar-refractivity contribution in [2.75, 3.05) is 24.7 Å². The summed E-state index contributed by atoms with van der Waals surface area (Å²) >= 11 is 0. The van der Waals surface area contributed by atoms with E-state index in [4.69, 9.17) is 4.42 Å². The van der Waals surface area contributed by atoms with Gasteiger partial charge in [-0.1, -0.05) is 6.07 Å². The second-order valence-electron chi connectivity index (χ2n) is 8.09. The van der Waals surface area contributed by atoms with E-state index in [0.29, 0.717) is 29.1 Å². The molecule has 35 heavy (non-hydrogen) atoms. The lowest BCUT2D eigenvalue weighted by atomic mass is 10.2. The fourth-order valence-corrected chi connectivity index (χ4v) is 4.47. The predicted octanol–water partition coefficient (Wildman–Crippen LogP) is 3.24. The number of hydrogen-bond acceptors (Lipinski definition) is 6. The number of hydrogen-bond donors (Lipinski definition) is 2. The van der Waals surface area contributed by atoms with Crippen molar-refractivity contribution in [1.82, 2.24) is 13.9 Å². The zero-order valence-corrected chi connectivity index (χ0v) is 20.3. The first kappa shape index (κ1) is 24.2. The molecule has 0 aliphatic carbocycles. The van der Waals surface area contributed by atoms with Gasteiger partial charge in [0.2, 0.25) is 15.9 Å². The fourth-order valence-electron chi connectivity index (χ4n) is 3.55. The summed E-state index contributed by atoms with van der Waals surface area (Å²) < 4.78 is 32.9. The second-order valence-corrected chi connectivity index (χ2v) is 10.2. The molecule has 0 spiro atoms. The Morgan fingerprint density at radius 1 is 1.03 bits per heavy atom. The zero-order valence-electron chi connectivity index (χ0n) is 19.5. The maximum Gasteiger partial charge on any atom is 0.291 e. The lowest BCUT2D eigenvalue weighted by molar-refractivity contribution is -0.116. The van der Waals surface area contributed by atoms with Crippen molar-refractivity contribution < 1.29 is 22.4 Å². The van der Waals surface area contributed by atoms with Crippen molar-refractivity contribution in [3.05, 3.63) is 72.4 Å². The number of sulfonamides is 1. The molecule has 2 aromatic heterocycles. The molecule has 2 amide bonds. The van der Waals surface area contributed by atoms with Crippen LogP contribution >= 0.6 is 0 Å². The van der Waals surface area contributed by atoms with E-state index in [1.807, 2.05) is 11.6 Å². The lowest BCUT2D eigenvalue weighted by Crippen LogP contribution is -2.22. The van der Waals surface area contributed by atoms with E-state index >= 15 is 0 Å². The molecule has 4 aromatic rings. The van der Waals surface area contributed by atoms with Crippen molar-refractivity contribution >= 4 is 44.2 Å². The van der Waals surface area contributed by atoms with E-state index in [1.54, 1.807) is 48.5 Å². The highest BCUT2D eigenvalue weighted by Gasteiger charge is 2.19. The van der Waals surface area contributed by atoms with Gasteiger partial charge in [0.25, 0.3) is 5.91 Å². The summed E-state index contributed by atoms with van der Waals surface area (Å²) in [6, 6.07) is 14.8. The number of rotatable bonds is 8. The van der Waals surface area contributed by atoms with Crippen LogP contribution in [-0.2, 0) is 28.3 Å². The van der Waals surface area contributed by atoms with Crippen LogP contribution in [0.4, 0.5) is 11.4 Å². The number of anilines is 2. The van der Waals surface area contributed by atoms with E-state index in [2.05, 4.69) is 15.6 Å². The van der Waals surface area contributed by atoms with Crippen molar-refractivity contribution in [1.29, 1.82) is 0 Å². The summed E-state index contributed by atoms with van der Waals surface area (Å²) in [6.07, 6.45) is 1.95. The standard InChI is InChI=1S/C24H25N5O5S/c1-28(2)35(32,33)18-9-10-20-19(15-18)27-22(29(20)3)11-12-23(30)25-16-6-4-7-17(14-16)26-24(31)21-8-5-13-34-21/h4-10,13-15H,11-12H2,1-3H3,(H,25,30)(H,26,31). The molecule has 10 nitrogen and oxygen atoms in total. The summed E-state index contributed by atoms with van der Waals surface area (Å²) in [5, 5.41) is 5.54. The van der Waals surface area contributed by atoms with Crippen molar-refractivity contribution in [3.8, 4) is 0 Å². The Morgan fingerprint density at radius 3 is 2.46 bits per heavy atom. The normalized spacial score (nSPS) is 11.7. The van der Waals surface area contributed by atoms with Crippen LogP contribution in [0.25, 0.3) is 11.0 Å². The summed E-state index contributed by atoms with van der Waals surface area (Å²) in [5.74, 6) is 0.242. The molecule has 0 fully saturated rings. The maximum absolute atomic E-state index is 12.6. The summed E-state index contributed by atoms with van der Waals surface area (Å²) in [4.78, 5) is 29.4. The number of carbonyl (C=O) groups is 2. The zero-order chi connectivity index (χ0) is 25.2. The van der Waals surface area contributed by atoms with Gasteiger partial charge in [-0.25, -0.2) is 17.7 Å². The van der Waals surface area contributed by atoms with E-state index in [9.17, 15) is 18.0 Å². The van der Waals surface area contributed by atoms with Gasteiger partial charge >= 0.3 is 0 Å². The van der Waals surface area contributed by atoms with Gasteiger partial charge in [0, 0.05) is 45.4 Å². The van der Waals surface area contributed by atoms with Crippen LogP contribution in [-0.4, -0.2) is 48.2 Å². The highest BCUT2D eigenvalue weighted by atomic mass is 32.2. The number of carbonyl (C=O) groups excluding carboxylic acids is 2. The third-order valence-electron chi connectivity index (χ3n) is 5.45. The largest absolute Gasteiger partial charge is 0.459 e. The summed E-state index contributed by atoms with van der Waals surface area (Å²) in [5.41, 5.74) is 2.38. The van der Waals surface area contributed by atoms with E-state index in [0.717, 1.165) is 9.82 Å². The molecule has 4 rings (SSSR count). The number of imidazole rings is 1. The third kappa shape index (κ3) is 5.26. The Kier molecular flexibility index (Phi) is 6.72. The molecular formula is C24H25N5O5S. The van der Waals surface area contributed by atoms with Crippen LogP contribution in [0.5, 0.6) is 0 Å². The Hall–Kier alpha value is -3.96. The third-order valence-corrected chi connectivity index (χ3v) is 7.26. The fraction of sp³-hybridized carbons (Fsp3) is 0.208. The van der Waals surface area contributed by atoms with E-state index in [-0.39, 0.29) is 28.9 Å². The highest BCUT2D eigenvalue weighted by Crippen LogP contribution is 2.22. The van der Waals surface area contributed by atoms with Gasteiger partial charge in [0.1, 0.15) is 5.82 Å². The lowest BCUT2D eigenvalue weighted by Gasteiger charge is -2.10. The number of aromatic nitrogens is 2. The Bertz CT molecular complexity index is 1490. The predicted molar refractivity (Wildman–Crippen MR) is 132 cm³/mol. The monoisotopic (exact) mass is 495 g/mol. The molecule has 0 saturated carbocycles. The van der Waals surface area contributed by atoms with Crippen molar-refractivity contribution in [2.45, 2.75) is 17.7 Å². The Balaban J connectivity index is 1.41. The van der Waals surface area contributed by atoms with Crippen LogP contribution in [0.1, 0.15) is 22.8 Å². The molecule has 2 N–H and O–H groups in total. The first-order valence-corrected chi connectivity index (χ1v) is 12.2. The van der Waals surface area contributed by atoms with Gasteiger partial charge in [-0.15, -0.1) is 0 Å². The average molecular weight is 496 g/mol. The quantitative estimate of drug-likeness (QED) is 0.386. The van der Waals surface area contributed by atoms with Gasteiger partial charge in [-0.05, 0) is 48.5 Å². The SMILES string of the molecule is CN(C)S(=O)(=O)c1ccc2c(c1)nc(CCC(=O)Nc1cccc(NC(=O)c3ccco3)c1)n2C. The minimum absolute atomic E-state index is 0.163. The van der Waals surface area contributed by atoms with Crippen LogP contribution < -0.4 is 10.6 Å². The first-order chi connectivity index (χ1) is 16.6. The van der Waals surface area contributed by atoms with Crippen molar-refractivity contribution in [2.24, 2.45) is 7.05 Å². The van der Waals surface area contributed by atoms with E-state index in [1.165, 1.54) is 26.4 Å². The van der Waals surface area contributed by atoms with E-state index < -0.39 is 10.0 Å². The van der Waals surface area contributed by atoms with Gasteiger partial charge in [0.05, 0.1) is 22.2 Å². The molecule has 11 heteroatoms. The molecule has 0 radical (unpaired) electrons. The number of nitrogens with zero attached hydrogens (tertiary/aromatic N) is 3. The van der Waals surface area contributed by atoms with Crippen molar-refractivity contribution in [3.63, 3.8) is 0 Å². The molecule has 182 valence electrons. The van der Waals surface area contributed by atoms with Crippen LogP contribution in [0.15, 0.2) is 70.2 Å². The highest BCUT2D eigenvalue weighted by molar-refractivity contribution is 7.89. The number of benzene rings is 2. The smallest absolute Gasteiger partial charge is 0.291 e. The van der Waals surface area contributed by atoms with Gasteiger partial charge < -0.3 is 19.6 Å². The number of nitrogens with one attached hydrogen (secondary N) is 2. The first-order valence-electron chi connectivity index (χ1n) is 10.8. The minimum atomic E-state index is -3.57. The molecule has 0 unspecified atom stereocenters. The molecule has 0 bridgehead atoms. The minimum Gasteiger partial charge on any atom is -0.459 e. The van der Waals surface area contributed by atoms with Crippen LogP contribution in [0.3, 0.4) is 0 Å². The number of amides is 2. The number of aryl methyl sites for hydroxylation is 2. The molecule has 0 aliphatic rings. The summed E-state index contributed by atoms with van der Waals surface area (Å²) in [7, 11) is 1.21. The van der Waals surface area contributed by atoms with Gasteiger partial charge in [-0.2, -0.15) is 0 Å². The molecule has 0 atom stereocenters. The number of furan rings is 1. The summed E-state index contributed by atoms with van der Waals surface area (Å²) in [6.45, 7) is 0. The average Bonchev–Trinajstić information content (AvgIpc) is 3.46. The van der Waals surface area contributed by atoms with Gasteiger partial charge in [-0.3, -0.25) is 9.59 Å². The molecule has 2 heterocycles. The van der Waals surface area contributed by atoms with Crippen LogP contribution in [0, 0.1) is 0 Å². The second kappa shape index (κ2) is 9.72. The van der Waals surface area contributed by atoms with Crippen LogP contribution in [0.2, 0.25) is 0 Å². The topological polar surface area (TPSA) is 127 Å². The maximum atomic E-state index is 12.6. The Morgan fingerprint density at radius 2 is 1.77 bits per heavy atom. The Labute approximate surface area is 202 Å².